The molecule has 0 aromatic heterocycles. The molecule has 0 heterocycles. The molecule has 1 aromatic rings. The third-order valence-corrected chi connectivity index (χ3v) is 2.45. The van der Waals surface area contributed by atoms with E-state index in [0.29, 0.717) is 17.8 Å². The lowest BCUT2D eigenvalue weighted by molar-refractivity contribution is -0.112. The Morgan fingerprint density at radius 1 is 1.45 bits per heavy atom. The summed E-state index contributed by atoms with van der Waals surface area (Å²) in [6, 6.07) is 8.24. The predicted molar refractivity (Wildman–Crippen MR) is 73.4 cm³/mol. The summed E-state index contributed by atoms with van der Waals surface area (Å²) in [6.45, 7) is 2.10. The Hall–Kier alpha value is -2.99. The molecule has 102 valence electrons. The normalized spacial score (nSPS) is 10.2. The van der Waals surface area contributed by atoms with E-state index in [4.69, 9.17) is 10.5 Å². The third kappa shape index (κ3) is 4.35. The van der Waals surface area contributed by atoms with Gasteiger partial charge in [0.1, 0.15) is 17.4 Å². The average molecular weight is 270 g/mol. The molecular formula is C14H14N4O2. The van der Waals surface area contributed by atoms with Crippen molar-refractivity contribution in [2.24, 2.45) is 0 Å². The molecule has 0 unspecified atom stereocenters. The summed E-state index contributed by atoms with van der Waals surface area (Å²) >= 11 is 0. The van der Waals surface area contributed by atoms with Crippen molar-refractivity contribution in [3.05, 3.63) is 35.5 Å². The van der Waals surface area contributed by atoms with Gasteiger partial charge in [-0.3, -0.25) is 4.79 Å². The van der Waals surface area contributed by atoms with Gasteiger partial charge in [-0.15, -0.1) is 0 Å². The van der Waals surface area contributed by atoms with Crippen molar-refractivity contribution in [2.45, 2.75) is 13.3 Å². The summed E-state index contributed by atoms with van der Waals surface area (Å²) in [5.74, 6) is -0.444. The van der Waals surface area contributed by atoms with E-state index >= 15 is 0 Å². The van der Waals surface area contributed by atoms with Crippen LogP contribution < -0.4 is 10.6 Å². The van der Waals surface area contributed by atoms with Gasteiger partial charge >= 0.3 is 0 Å². The number of hydrogen-bond acceptors (Lipinski definition) is 5. The van der Waals surface area contributed by atoms with E-state index in [0.717, 1.165) is 0 Å². The number of nitrogens with one attached hydrogen (secondary N) is 2. The molecule has 0 bridgehead atoms. The molecular weight excluding hydrogens is 256 g/mol. The molecule has 0 aliphatic carbocycles. The summed E-state index contributed by atoms with van der Waals surface area (Å²) in [5, 5.41) is 31.9. The predicted octanol–water partition coefficient (Wildman–Crippen LogP) is 1.55. The number of nitriles is 2. The molecule has 20 heavy (non-hydrogen) atoms. The van der Waals surface area contributed by atoms with Crippen LogP contribution in [0.5, 0.6) is 5.75 Å². The molecule has 1 aromatic carbocycles. The van der Waals surface area contributed by atoms with Gasteiger partial charge in [0.25, 0.3) is 5.91 Å². The van der Waals surface area contributed by atoms with E-state index in [-0.39, 0.29) is 17.7 Å². The van der Waals surface area contributed by atoms with Crippen LogP contribution in [0.2, 0.25) is 0 Å². The van der Waals surface area contributed by atoms with E-state index < -0.39 is 5.91 Å². The Bertz CT molecular complexity index is 609. The van der Waals surface area contributed by atoms with Crippen LogP contribution in [0.4, 0.5) is 5.69 Å². The molecule has 0 saturated heterocycles. The molecule has 3 N–H and O–H groups in total. The van der Waals surface area contributed by atoms with Crippen LogP contribution in [0, 0.1) is 29.6 Å². The van der Waals surface area contributed by atoms with Crippen LogP contribution in [-0.2, 0) is 4.79 Å². The van der Waals surface area contributed by atoms with Crippen LogP contribution in [0.1, 0.15) is 12.0 Å². The number of aromatic hydroxyl groups is 1. The highest BCUT2D eigenvalue weighted by Gasteiger charge is 2.10. The topological polar surface area (TPSA) is 109 Å². The SMILES string of the molecule is Cc1cc(O)ccc1NC(=O)/C(C#N)=C\NCCC#N. The fourth-order valence-electron chi connectivity index (χ4n) is 1.43. The molecule has 1 amide bonds. The minimum Gasteiger partial charge on any atom is -0.508 e. The number of phenols is 1. The van der Waals surface area contributed by atoms with Gasteiger partial charge in [-0.05, 0) is 30.7 Å². The lowest BCUT2D eigenvalue weighted by Crippen LogP contribution is -2.17. The van der Waals surface area contributed by atoms with Crippen LogP contribution in [0.25, 0.3) is 0 Å². The molecule has 0 aliphatic rings. The number of anilines is 1. The highest BCUT2D eigenvalue weighted by Crippen LogP contribution is 2.20. The first-order chi connectivity index (χ1) is 9.58. The first-order valence-corrected chi connectivity index (χ1v) is 5.90. The number of nitrogens with zero attached hydrogens (tertiary/aromatic N) is 2. The van der Waals surface area contributed by atoms with Crippen molar-refractivity contribution in [1.82, 2.24) is 5.32 Å². The molecule has 0 saturated carbocycles. The second kappa shape index (κ2) is 7.45. The molecule has 1 rings (SSSR count). The van der Waals surface area contributed by atoms with Crippen LogP contribution in [0.15, 0.2) is 30.0 Å². The Kier molecular flexibility index (Phi) is 5.61. The quantitative estimate of drug-likeness (QED) is 0.325. The van der Waals surface area contributed by atoms with Crippen LogP contribution >= 0.6 is 0 Å². The maximum atomic E-state index is 11.9. The summed E-state index contributed by atoms with van der Waals surface area (Å²) in [6.07, 6.45) is 1.57. The van der Waals surface area contributed by atoms with Gasteiger partial charge in [0.2, 0.25) is 0 Å². The summed E-state index contributed by atoms with van der Waals surface area (Å²) in [7, 11) is 0. The first-order valence-electron chi connectivity index (χ1n) is 5.90. The highest BCUT2D eigenvalue weighted by molar-refractivity contribution is 6.06. The van der Waals surface area contributed by atoms with Crippen molar-refractivity contribution >= 4 is 11.6 Å². The summed E-state index contributed by atoms with van der Waals surface area (Å²) in [5.41, 5.74) is 1.12. The lowest BCUT2D eigenvalue weighted by atomic mass is 10.2. The van der Waals surface area contributed by atoms with Crippen molar-refractivity contribution in [3.63, 3.8) is 0 Å². The maximum Gasteiger partial charge on any atom is 0.267 e. The average Bonchev–Trinajstić information content (AvgIpc) is 2.42. The van der Waals surface area contributed by atoms with E-state index in [9.17, 15) is 9.90 Å². The van der Waals surface area contributed by atoms with E-state index in [1.807, 2.05) is 6.07 Å². The molecule has 0 aliphatic heterocycles. The van der Waals surface area contributed by atoms with Crippen molar-refractivity contribution < 1.29 is 9.90 Å². The van der Waals surface area contributed by atoms with Crippen molar-refractivity contribution in [2.75, 3.05) is 11.9 Å². The molecule has 0 fully saturated rings. The Balaban J connectivity index is 2.73. The second-order valence-electron chi connectivity index (χ2n) is 3.99. The summed E-state index contributed by atoms with van der Waals surface area (Å²) in [4.78, 5) is 11.9. The zero-order valence-electron chi connectivity index (χ0n) is 11.0. The van der Waals surface area contributed by atoms with Gasteiger partial charge in [0.05, 0.1) is 12.5 Å². The van der Waals surface area contributed by atoms with E-state index in [1.165, 1.54) is 18.3 Å². The zero-order chi connectivity index (χ0) is 15.0. The van der Waals surface area contributed by atoms with Gasteiger partial charge < -0.3 is 15.7 Å². The number of rotatable bonds is 5. The fraction of sp³-hybridized carbons (Fsp3) is 0.214. The Labute approximate surface area is 117 Å². The number of carbonyl (C=O) groups is 1. The molecule has 6 heteroatoms. The summed E-state index contributed by atoms with van der Waals surface area (Å²) < 4.78 is 0. The van der Waals surface area contributed by atoms with Crippen LogP contribution in [0.3, 0.4) is 0 Å². The first kappa shape index (κ1) is 15.1. The van der Waals surface area contributed by atoms with Crippen LogP contribution in [-0.4, -0.2) is 17.6 Å². The molecule has 0 radical (unpaired) electrons. The Morgan fingerprint density at radius 3 is 2.80 bits per heavy atom. The lowest BCUT2D eigenvalue weighted by Gasteiger charge is -2.08. The molecule has 0 atom stereocenters. The van der Waals surface area contributed by atoms with Gasteiger partial charge in [-0.25, -0.2) is 0 Å². The number of phenolic OH excluding ortho intramolecular Hbond substituents is 1. The largest absolute Gasteiger partial charge is 0.508 e. The van der Waals surface area contributed by atoms with Gasteiger partial charge in [-0.2, -0.15) is 10.5 Å². The fourth-order valence-corrected chi connectivity index (χ4v) is 1.43. The highest BCUT2D eigenvalue weighted by atomic mass is 16.3. The van der Waals surface area contributed by atoms with Gasteiger partial charge in [-0.1, -0.05) is 0 Å². The van der Waals surface area contributed by atoms with E-state index in [1.54, 1.807) is 19.1 Å². The van der Waals surface area contributed by atoms with Crippen molar-refractivity contribution in [3.8, 4) is 17.9 Å². The Morgan fingerprint density at radius 2 is 2.20 bits per heavy atom. The maximum absolute atomic E-state index is 11.9. The second-order valence-corrected chi connectivity index (χ2v) is 3.99. The monoisotopic (exact) mass is 270 g/mol. The minimum absolute atomic E-state index is 0.0876. The number of benzene rings is 1. The van der Waals surface area contributed by atoms with Gasteiger partial charge in [0.15, 0.2) is 0 Å². The standard InChI is InChI=1S/C14H14N4O2/c1-10-7-12(19)3-4-13(10)18-14(20)11(8-16)9-17-6-2-5-15/h3-4,7,9,17,19H,2,6H2,1H3,(H,18,20)/b11-9-. The number of aryl methyl sites for hydroxylation is 1. The number of amides is 1. The number of carbonyl (C=O) groups excluding carboxylic acids is 1. The molecule has 6 nitrogen and oxygen atoms in total. The minimum atomic E-state index is -0.550. The van der Waals surface area contributed by atoms with E-state index in [2.05, 4.69) is 10.6 Å². The van der Waals surface area contributed by atoms with Crippen molar-refractivity contribution in [1.29, 1.82) is 10.5 Å². The zero-order valence-corrected chi connectivity index (χ0v) is 11.0. The smallest absolute Gasteiger partial charge is 0.267 e. The number of hydrogen-bond donors (Lipinski definition) is 3. The third-order valence-electron chi connectivity index (χ3n) is 2.45. The van der Waals surface area contributed by atoms with Gasteiger partial charge in [0, 0.05) is 18.4 Å². The molecule has 0 spiro atoms.